The van der Waals surface area contributed by atoms with Crippen molar-refractivity contribution in [3.8, 4) is 0 Å². The van der Waals surface area contributed by atoms with Gasteiger partial charge in [0.05, 0.1) is 0 Å². The molecule has 0 unspecified atom stereocenters. The van der Waals surface area contributed by atoms with Crippen LogP contribution in [0.5, 0.6) is 0 Å². The molecule has 0 saturated carbocycles. The fraction of sp³-hybridized carbons (Fsp3) is 0.500. The van der Waals surface area contributed by atoms with E-state index in [1.807, 2.05) is 0 Å². The molecular formula is C8H13FO8Pb. The van der Waals surface area contributed by atoms with Crippen molar-refractivity contribution in [1.82, 2.24) is 0 Å². The number of rotatable bonds is 4. The van der Waals surface area contributed by atoms with Crippen LogP contribution in [-0.2, 0) is 29.9 Å². The van der Waals surface area contributed by atoms with E-state index in [9.17, 15) is 19.2 Å². The largest absolute Gasteiger partial charge is 0.269 e. The summed E-state index contributed by atoms with van der Waals surface area (Å²) in [6.45, 7) is 4.02. The Morgan fingerprint density at radius 1 is 0.611 bits per heavy atom. The number of hydrogen-bond donors (Lipinski definition) is 0. The van der Waals surface area contributed by atoms with Crippen LogP contribution >= 0.6 is 0 Å². The van der Waals surface area contributed by atoms with Crippen molar-refractivity contribution >= 4 is 46.9 Å². The summed E-state index contributed by atoms with van der Waals surface area (Å²) in [7, 11) is 0. The zero-order valence-corrected chi connectivity index (χ0v) is 14.1. The molecule has 0 heterocycles. The molecule has 0 amide bonds. The average molecular weight is 463 g/mol. The molecule has 0 atom stereocenters. The summed E-state index contributed by atoms with van der Waals surface area (Å²) in [5, 5.41) is 0. The van der Waals surface area contributed by atoms with E-state index in [2.05, 4.69) is 10.7 Å². The Morgan fingerprint density at radius 2 is 0.778 bits per heavy atom. The molecule has 10 heteroatoms. The molecule has 0 aliphatic heterocycles. The standard InChI is InChI=1S/4C2H4O2.FH.Pb/c4*1-2(3)4;;/h4*1H3,(H,3,4);1H;/q;;;;;+4/p-4. The molecule has 0 saturated heterocycles. The third-order valence-electron chi connectivity index (χ3n) is 1.07. The Balaban J connectivity index is 0. The van der Waals surface area contributed by atoms with E-state index >= 15 is 0 Å². The van der Waals surface area contributed by atoms with E-state index in [0.29, 0.717) is 0 Å². The van der Waals surface area contributed by atoms with Crippen LogP contribution in [0.3, 0.4) is 0 Å². The van der Waals surface area contributed by atoms with Crippen LogP contribution in [-0.4, -0.2) is 46.9 Å². The van der Waals surface area contributed by atoms with E-state index in [4.69, 9.17) is 0 Å². The second-order valence-electron chi connectivity index (χ2n) is 2.87. The van der Waals surface area contributed by atoms with Gasteiger partial charge in [0.15, 0.2) is 0 Å². The number of hydrogen-bond acceptors (Lipinski definition) is 8. The third-order valence-corrected chi connectivity index (χ3v) is 9.43. The van der Waals surface area contributed by atoms with Crippen LogP contribution < -0.4 is 0 Å². The summed E-state index contributed by atoms with van der Waals surface area (Å²) in [5.41, 5.74) is 0. The van der Waals surface area contributed by atoms with Gasteiger partial charge in [0, 0.05) is 0 Å². The van der Waals surface area contributed by atoms with Gasteiger partial charge in [-0.15, -0.1) is 0 Å². The summed E-state index contributed by atoms with van der Waals surface area (Å²) in [6.07, 6.45) is 0. The number of carbonyl (C=O) groups excluding carboxylic acids is 4. The molecule has 0 fully saturated rings. The maximum Gasteiger partial charge on any atom is -0.269 e. The minimum absolute atomic E-state index is 0. The molecule has 104 valence electrons. The second kappa shape index (κ2) is 7.94. The molecule has 18 heavy (non-hydrogen) atoms. The summed E-state index contributed by atoms with van der Waals surface area (Å²) in [5.74, 6) is -3.52. The summed E-state index contributed by atoms with van der Waals surface area (Å²) in [4.78, 5) is 43.5. The van der Waals surface area contributed by atoms with Crippen LogP contribution in [0.4, 0.5) is 4.70 Å². The molecule has 0 aromatic heterocycles. The van der Waals surface area contributed by atoms with Crippen molar-refractivity contribution in [2.45, 2.75) is 27.7 Å². The molecule has 8 nitrogen and oxygen atoms in total. The van der Waals surface area contributed by atoms with E-state index in [1.54, 1.807) is 0 Å². The smallest absolute Gasteiger partial charge is 0.269 e. The van der Waals surface area contributed by atoms with E-state index in [0.717, 1.165) is 27.7 Å². The van der Waals surface area contributed by atoms with Crippen LogP contribution in [0, 0.1) is 0 Å². The summed E-state index contributed by atoms with van der Waals surface area (Å²) >= 11 is -5.43. The monoisotopic (exact) mass is 464 g/mol. The van der Waals surface area contributed by atoms with Gasteiger partial charge in [0.1, 0.15) is 0 Å². The Bertz CT molecular complexity index is 285. The van der Waals surface area contributed by atoms with Crippen molar-refractivity contribution in [2.75, 3.05) is 0 Å². The quantitative estimate of drug-likeness (QED) is 0.530. The summed E-state index contributed by atoms with van der Waals surface area (Å²) in [6, 6.07) is 0. The molecule has 0 aromatic rings. The van der Waals surface area contributed by atoms with Gasteiger partial charge >= 0.3 is 104 Å². The molecule has 0 aliphatic carbocycles. The minimum Gasteiger partial charge on any atom is -0.269 e. The zero-order chi connectivity index (χ0) is 13.6. The molecule has 0 aliphatic rings. The Hall–Kier alpha value is -1.27. The van der Waals surface area contributed by atoms with Gasteiger partial charge in [-0.05, 0) is 0 Å². The molecule has 0 bridgehead atoms. The van der Waals surface area contributed by atoms with Crippen molar-refractivity contribution < 1.29 is 34.6 Å². The van der Waals surface area contributed by atoms with Crippen LogP contribution in [0.2, 0.25) is 0 Å². The fourth-order valence-corrected chi connectivity index (χ4v) is 7.28. The first kappa shape index (κ1) is 19.1. The number of carbonyl (C=O) groups is 4. The van der Waals surface area contributed by atoms with Gasteiger partial charge in [-0.1, -0.05) is 0 Å². The van der Waals surface area contributed by atoms with Crippen molar-refractivity contribution in [3.63, 3.8) is 0 Å². The number of halogens is 1. The normalized spacial score (nSPS) is 9.56. The predicted octanol–water partition coefficient (Wildman–Crippen LogP) is -0.173. The Kier molecular flexibility index (Phi) is 8.42. The molecule has 0 aromatic carbocycles. The van der Waals surface area contributed by atoms with Crippen molar-refractivity contribution in [3.05, 3.63) is 0 Å². The third kappa shape index (κ3) is 7.92. The van der Waals surface area contributed by atoms with Crippen LogP contribution in [0.1, 0.15) is 27.7 Å². The van der Waals surface area contributed by atoms with Gasteiger partial charge in [0.2, 0.25) is 0 Å². The topological polar surface area (TPSA) is 105 Å². The zero-order valence-electron chi connectivity index (χ0n) is 10.2. The van der Waals surface area contributed by atoms with Crippen molar-refractivity contribution in [2.24, 2.45) is 0 Å². The average Bonchev–Trinajstić information content (AvgIpc) is 1.95. The molecule has 0 spiro atoms. The Morgan fingerprint density at radius 3 is 0.889 bits per heavy atom. The van der Waals surface area contributed by atoms with Gasteiger partial charge in [-0.3, -0.25) is 4.70 Å². The molecule has 0 rings (SSSR count). The first-order valence-corrected chi connectivity index (χ1v) is 10.8. The van der Waals surface area contributed by atoms with E-state index in [-0.39, 0.29) is 4.70 Å². The van der Waals surface area contributed by atoms with E-state index in [1.165, 1.54) is 0 Å². The summed E-state index contributed by atoms with van der Waals surface area (Å²) < 4.78 is 18.5. The fourth-order valence-electron chi connectivity index (χ4n) is 0.829. The first-order valence-electron chi connectivity index (χ1n) is 4.45. The van der Waals surface area contributed by atoms with Gasteiger partial charge in [-0.25, -0.2) is 0 Å². The van der Waals surface area contributed by atoms with Gasteiger partial charge < -0.3 is 0 Å². The van der Waals surface area contributed by atoms with Crippen LogP contribution in [0.25, 0.3) is 0 Å². The Labute approximate surface area is 109 Å². The first-order chi connectivity index (χ1) is 7.67. The maximum absolute atomic E-state index is 10.9. The van der Waals surface area contributed by atoms with Gasteiger partial charge in [-0.2, -0.15) is 0 Å². The molecule has 0 radical (unpaired) electrons. The van der Waals surface area contributed by atoms with Crippen molar-refractivity contribution in [1.29, 1.82) is 0 Å². The van der Waals surface area contributed by atoms with E-state index < -0.39 is 46.9 Å². The minimum atomic E-state index is -5.43. The predicted molar refractivity (Wildman–Crippen MR) is 55.3 cm³/mol. The van der Waals surface area contributed by atoms with Crippen LogP contribution in [0.15, 0.2) is 0 Å². The van der Waals surface area contributed by atoms with Gasteiger partial charge in [0.25, 0.3) is 0 Å². The molecule has 0 N–H and O–H groups in total. The SMILES string of the molecule is CC(=O)[O][Pb]([O]C(C)=O)([O]C(C)=O)[O]C(C)=O.F. The second-order valence-corrected chi connectivity index (χ2v) is 9.94. The maximum atomic E-state index is 10.9. The molecular weight excluding hydrogens is 450 g/mol.